The number of ether oxygens (including phenoxy) is 2. The summed E-state index contributed by atoms with van der Waals surface area (Å²) in [4.78, 5) is 0. The lowest BCUT2D eigenvalue weighted by atomic mass is 9.76. The topological polar surface area (TPSA) is 18.5 Å². The van der Waals surface area contributed by atoms with E-state index >= 15 is 0 Å². The molecule has 1 aromatic rings. The maximum atomic E-state index is 6.52. The molecule has 1 aliphatic rings. The van der Waals surface area contributed by atoms with Gasteiger partial charge < -0.3 is 9.47 Å². The van der Waals surface area contributed by atoms with Crippen LogP contribution in [0.5, 0.6) is 0 Å². The molecule has 1 aliphatic carbocycles. The highest BCUT2D eigenvalue weighted by Crippen LogP contribution is 2.39. The Morgan fingerprint density at radius 3 is 2.67 bits per heavy atom. The second-order valence-corrected chi connectivity index (χ2v) is 6.50. The van der Waals surface area contributed by atoms with E-state index in [1.165, 1.54) is 18.4 Å². The maximum absolute atomic E-state index is 6.52. The maximum Gasteiger partial charge on any atom is 0.0487 e. The Bertz CT molecular complexity index is 382. The first-order chi connectivity index (χ1) is 10.3. The summed E-state index contributed by atoms with van der Waals surface area (Å²) in [7, 11) is 1.73. The Morgan fingerprint density at radius 1 is 1.10 bits per heavy atom. The number of benzene rings is 1. The molecule has 3 atom stereocenters. The SMILES string of the molecule is COCCCOCCC1CC(c2ccccc2)CCC1Cl. The third-order valence-corrected chi connectivity index (χ3v) is 5.01. The largest absolute Gasteiger partial charge is 0.385 e. The Morgan fingerprint density at radius 2 is 1.90 bits per heavy atom. The van der Waals surface area contributed by atoms with E-state index in [1.54, 1.807) is 7.11 Å². The summed E-state index contributed by atoms with van der Waals surface area (Å²) in [5, 5.41) is 0.313. The van der Waals surface area contributed by atoms with Crippen LogP contribution in [0.1, 0.15) is 43.6 Å². The highest BCUT2D eigenvalue weighted by molar-refractivity contribution is 6.20. The number of methoxy groups -OCH3 is 1. The van der Waals surface area contributed by atoms with Crippen molar-refractivity contribution in [2.24, 2.45) is 5.92 Å². The van der Waals surface area contributed by atoms with Crippen molar-refractivity contribution in [1.29, 1.82) is 0 Å². The van der Waals surface area contributed by atoms with Crippen LogP contribution in [-0.2, 0) is 9.47 Å². The summed E-state index contributed by atoms with van der Waals surface area (Å²) in [5.74, 6) is 1.24. The van der Waals surface area contributed by atoms with Crippen LogP contribution in [0.4, 0.5) is 0 Å². The summed E-state index contributed by atoms with van der Waals surface area (Å²) in [6.45, 7) is 2.38. The van der Waals surface area contributed by atoms with E-state index in [1.807, 2.05) is 0 Å². The van der Waals surface area contributed by atoms with Crippen molar-refractivity contribution in [2.75, 3.05) is 26.9 Å². The van der Waals surface area contributed by atoms with E-state index in [0.29, 0.717) is 17.2 Å². The van der Waals surface area contributed by atoms with Gasteiger partial charge in [0.1, 0.15) is 0 Å². The fraction of sp³-hybridized carbons (Fsp3) is 0.667. The molecule has 1 fully saturated rings. The van der Waals surface area contributed by atoms with Crippen molar-refractivity contribution in [3.63, 3.8) is 0 Å². The van der Waals surface area contributed by atoms with Crippen molar-refractivity contribution < 1.29 is 9.47 Å². The molecule has 0 N–H and O–H groups in total. The molecule has 3 unspecified atom stereocenters. The molecule has 0 amide bonds. The Hall–Kier alpha value is -0.570. The molecule has 0 spiro atoms. The highest BCUT2D eigenvalue weighted by atomic mass is 35.5. The second-order valence-electron chi connectivity index (χ2n) is 5.94. The van der Waals surface area contributed by atoms with E-state index in [0.717, 1.165) is 39.1 Å². The standard InChI is InChI=1S/C18H27ClO2/c1-20-11-5-12-21-13-10-17-14-16(8-9-18(17)19)15-6-3-2-4-7-15/h2-4,6-7,16-18H,5,8-14H2,1H3. The molecule has 0 aromatic heterocycles. The molecule has 0 bridgehead atoms. The number of hydrogen-bond acceptors (Lipinski definition) is 2. The van der Waals surface area contributed by atoms with Gasteiger partial charge >= 0.3 is 0 Å². The third-order valence-electron chi connectivity index (χ3n) is 4.43. The number of halogens is 1. The summed E-state index contributed by atoms with van der Waals surface area (Å²) >= 11 is 6.52. The van der Waals surface area contributed by atoms with Gasteiger partial charge in [-0.1, -0.05) is 30.3 Å². The van der Waals surface area contributed by atoms with Gasteiger partial charge in [-0.25, -0.2) is 0 Å². The van der Waals surface area contributed by atoms with Gasteiger partial charge in [0.2, 0.25) is 0 Å². The molecule has 0 heterocycles. The fourth-order valence-corrected chi connectivity index (χ4v) is 3.55. The quantitative estimate of drug-likeness (QED) is 0.515. The van der Waals surface area contributed by atoms with Crippen molar-refractivity contribution in [3.8, 4) is 0 Å². The van der Waals surface area contributed by atoms with Crippen LogP contribution in [0.3, 0.4) is 0 Å². The van der Waals surface area contributed by atoms with Crippen LogP contribution in [0.2, 0.25) is 0 Å². The van der Waals surface area contributed by atoms with Gasteiger partial charge in [-0.3, -0.25) is 0 Å². The fourth-order valence-electron chi connectivity index (χ4n) is 3.20. The zero-order valence-corrected chi connectivity index (χ0v) is 13.7. The smallest absolute Gasteiger partial charge is 0.0487 e. The lowest BCUT2D eigenvalue weighted by Crippen LogP contribution is -2.25. The Kier molecular flexibility index (Phi) is 7.56. The molecular weight excluding hydrogens is 284 g/mol. The van der Waals surface area contributed by atoms with E-state index in [9.17, 15) is 0 Å². The number of hydrogen-bond donors (Lipinski definition) is 0. The number of alkyl halides is 1. The lowest BCUT2D eigenvalue weighted by molar-refractivity contribution is 0.0894. The molecule has 1 saturated carbocycles. The normalized spacial score (nSPS) is 25.9. The molecule has 3 heteroatoms. The van der Waals surface area contributed by atoms with Gasteiger partial charge in [0, 0.05) is 32.3 Å². The van der Waals surface area contributed by atoms with Gasteiger partial charge in [-0.2, -0.15) is 0 Å². The first kappa shape index (κ1) is 16.8. The van der Waals surface area contributed by atoms with Crippen molar-refractivity contribution in [3.05, 3.63) is 35.9 Å². The molecule has 118 valence electrons. The summed E-state index contributed by atoms with van der Waals surface area (Å²) in [5.41, 5.74) is 1.46. The molecule has 0 saturated heterocycles. The summed E-state index contributed by atoms with van der Waals surface area (Å²) < 4.78 is 10.7. The van der Waals surface area contributed by atoms with E-state index in [4.69, 9.17) is 21.1 Å². The molecule has 2 rings (SSSR count). The van der Waals surface area contributed by atoms with Crippen LogP contribution in [-0.4, -0.2) is 32.3 Å². The van der Waals surface area contributed by atoms with E-state index in [2.05, 4.69) is 30.3 Å². The van der Waals surface area contributed by atoms with Crippen molar-refractivity contribution in [2.45, 2.75) is 43.4 Å². The third kappa shape index (κ3) is 5.61. The summed E-state index contributed by atoms with van der Waals surface area (Å²) in [6.07, 6.45) is 5.57. The van der Waals surface area contributed by atoms with Crippen molar-refractivity contribution in [1.82, 2.24) is 0 Å². The average Bonchev–Trinajstić information content (AvgIpc) is 2.53. The predicted molar refractivity (Wildman–Crippen MR) is 88.1 cm³/mol. The van der Waals surface area contributed by atoms with Gasteiger partial charge in [0.25, 0.3) is 0 Å². The van der Waals surface area contributed by atoms with Crippen LogP contribution in [0.25, 0.3) is 0 Å². The van der Waals surface area contributed by atoms with Crippen LogP contribution < -0.4 is 0 Å². The first-order valence-electron chi connectivity index (χ1n) is 8.07. The van der Waals surface area contributed by atoms with E-state index in [-0.39, 0.29) is 0 Å². The highest BCUT2D eigenvalue weighted by Gasteiger charge is 2.29. The van der Waals surface area contributed by atoms with E-state index < -0.39 is 0 Å². The summed E-state index contributed by atoms with van der Waals surface area (Å²) in [6, 6.07) is 10.9. The lowest BCUT2D eigenvalue weighted by Gasteiger charge is -2.33. The zero-order valence-electron chi connectivity index (χ0n) is 13.0. The van der Waals surface area contributed by atoms with Crippen LogP contribution >= 0.6 is 11.6 Å². The second kappa shape index (κ2) is 9.45. The first-order valence-corrected chi connectivity index (χ1v) is 8.50. The Balaban J connectivity index is 1.74. The molecule has 1 aromatic carbocycles. The monoisotopic (exact) mass is 310 g/mol. The predicted octanol–water partition coefficient (Wildman–Crippen LogP) is 4.62. The van der Waals surface area contributed by atoms with Crippen molar-refractivity contribution >= 4 is 11.6 Å². The van der Waals surface area contributed by atoms with Crippen LogP contribution in [0.15, 0.2) is 30.3 Å². The van der Waals surface area contributed by atoms with Gasteiger partial charge in [-0.05, 0) is 49.5 Å². The average molecular weight is 311 g/mol. The number of rotatable bonds is 8. The molecule has 0 aliphatic heterocycles. The minimum absolute atomic E-state index is 0.313. The van der Waals surface area contributed by atoms with Gasteiger partial charge in [-0.15, -0.1) is 11.6 Å². The Labute approximate surface area is 133 Å². The minimum atomic E-state index is 0.313. The van der Waals surface area contributed by atoms with Gasteiger partial charge in [0.15, 0.2) is 0 Å². The molecule has 21 heavy (non-hydrogen) atoms. The minimum Gasteiger partial charge on any atom is -0.385 e. The van der Waals surface area contributed by atoms with Gasteiger partial charge in [0.05, 0.1) is 0 Å². The zero-order chi connectivity index (χ0) is 14.9. The molecule has 2 nitrogen and oxygen atoms in total. The van der Waals surface area contributed by atoms with Crippen LogP contribution in [0, 0.1) is 5.92 Å². The molecule has 0 radical (unpaired) electrons. The molecular formula is C18H27ClO2.